The Balaban J connectivity index is 2.02. The molecule has 0 bridgehead atoms. The van der Waals surface area contributed by atoms with Crippen LogP contribution in [0.15, 0.2) is 12.1 Å². The molecule has 1 amide bonds. The zero-order valence-corrected chi connectivity index (χ0v) is 28.5. The summed E-state index contributed by atoms with van der Waals surface area (Å²) in [5.74, 6) is 0.104. The summed E-state index contributed by atoms with van der Waals surface area (Å²) in [4.78, 5) is 13.4. The molecule has 8 atom stereocenters. The second kappa shape index (κ2) is 22.4. The molecular weight excluding hydrogens is 614 g/mol. The zero-order chi connectivity index (χ0) is 34.8. The largest absolute Gasteiger partial charge is 0.493 e. The Bertz CT molecular complexity index is 986. The lowest BCUT2D eigenvalue weighted by molar-refractivity contribution is -0.303. The molecule has 2 rings (SSSR count). The number of methoxy groups -OCH3 is 3. The second-order valence-corrected chi connectivity index (χ2v) is 12.3. The third-order valence-electron chi connectivity index (χ3n) is 8.69. The fourth-order valence-corrected chi connectivity index (χ4v) is 5.73. The van der Waals surface area contributed by atoms with Crippen molar-refractivity contribution < 1.29 is 59.1 Å². The van der Waals surface area contributed by atoms with Crippen LogP contribution in [0.1, 0.15) is 101 Å². The van der Waals surface area contributed by atoms with Crippen molar-refractivity contribution in [2.45, 2.75) is 139 Å². The number of hydrogen-bond acceptors (Lipinski definition) is 12. The minimum atomic E-state index is -1.68. The maximum Gasteiger partial charge on any atom is 0.251 e. The summed E-state index contributed by atoms with van der Waals surface area (Å²) in [6, 6.07) is 1.67. The van der Waals surface area contributed by atoms with E-state index in [9.17, 15) is 35.4 Å². The van der Waals surface area contributed by atoms with E-state index in [0.717, 1.165) is 19.3 Å². The zero-order valence-electron chi connectivity index (χ0n) is 28.5. The standard InChI is InChI=1S/C34H59NO12/c1-5-6-7-8-9-10-11-12-13-14-15-16-17-24(37)28(38)23(21-46-34-31(41)30(40)29(39)27(20-36)47-34)35-33(42)22-18-25(43-2)32(45-4)26(19-22)44-3/h18-19,23-24,27-31,34,36-41H,5-17,20-21H2,1-4H3,(H,35,42)/t23?,24?,27-,28?,29+,30+,31-,34+/m1/s1. The van der Waals surface area contributed by atoms with E-state index in [1.54, 1.807) is 0 Å². The van der Waals surface area contributed by atoms with Gasteiger partial charge in [0, 0.05) is 5.56 Å². The van der Waals surface area contributed by atoms with Gasteiger partial charge in [-0.25, -0.2) is 0 Å². The number of carbonyl (C=O) groups is 1. The van der Waals surface area contributed by atoms with Crippen molar-refractivity contribution in [2.75, 3.05) is 34.5 Å². The minimum absolute atomic E-state index is 0.111. The Morgan fingerprint density at radius 2 is 1.34 bits per heavy atom. The summed E-state index contributed by atoms with van der Waals surface area (Å²) < 4.78 is 27.1. The first-order valence-corrected chi connectivity index (χ1v) is 17.0. The van der Waals surface area contributed by atoms with E-state index in [1.807, 2.05) is 0 Å². The monoisotopic (exact) mass is 673 g/mol. The fourth-order valence-electron chi connectivity index (χ4n) is 5.73. The van der Waals surface area contributed by atoms with Gasteiger partial charge in [0.15, 0.2) is 17.8 Å². The van der Waals surface area contributed by atoms with E-state index in [2.05, 4.69) is 12.2 Å². The van der Waals surface area contributed by atoms with Gasteiger partial charge in [0.2, 0.25) is 5.75 Å². The van der Waals surface area contributed by atoms with E-state index in [0.29, 0.717) is 6.42 Å². The van der Waals surface area contributed by atoms with Crippen molar-refractivity contribution in [2.24, 2.45) is 0 Å². The first kappa shape index (κ1) is 40.9. The summed E-state index contributed by atoms with van der Waals surface area (Å²) in [5, 5.41) is 64.9. The van der Waals surface area contributed by atoms with Gasteiger partial charge in [-0.05, 0) is 18.6 Å². The number of ether oxygens (including phenoxy) is 5. The molecule has 3 unspecified atom stereocenters. The SMILES string of the molecule is CCCCCCCCCCCCCCC(O)C(O)C(CO[C@H]1O[C@H](CO)[C@H](O)[C@H](O)[C@H]1O)NC(=O)c1cc(OC)c(OC)c(OC)c1. The molecule has 1 aliphatic heterocycles. The van der Waals surface area contributed by atoms with Gasteiger partial charge < -0.3 is 59.6 Å². The Hall–Kier alpha value is -2.23. The van der Waals surface area contributed by atoms with Crippen molar-refractivity contribution in [3.8, 4) is 17.2 Å². The van der Waals surface area contributed by atoms with E-state index in [4.69, 9.17) is 23.7 Å². The van der Waals surface area contributed by atoms with Crippen LogP contribution >= 0.6 is 0 Å². The molecule has 1 aromatic rings. The first-order chi connectivity index (χ1) is 22.6. The van der Waals surface area contributed by atoms with Crippen LogP contribution in [0.4, 0.5) is 0 Å². The number of nitrogens with one attached hydrogen (secondary N) is 1. The Labute approximate surface area is 279 Å². The quantitative estimate of drug-likeness (QED) is 0.0793. The van der Waals surface area contributed by atoms with Crippen LogP contribution in [0.3, 0.4) is 0 Å². The van der Waals surface area contributed by atoms with Crippen molar-refractivity contribution in [3.05, 3.63) is 17.7 Å². The lowest BCUT2D eigenvalue weighted by Crippen LogP contribution is -2.60. The molecule has 272 valence electrons. The van der Waals surface area contributed by atoms with Crippen LogP contribution < -0.4 is 19.5 Å². The highest BCUT2D eigenvalue weighted by Crippen LogP contribution is 2.38. The van der Waals surface area contributed by atoms with Gasteiger partial charge >= 0.3 is 0 Å². The topological polar surface area (TPSA) is 197 Å². The van der Waals surface area contributed by atoms with Gasteiger partial charge in [0.1, 0.15) is 30.5 Å². The minimum Gasteiger partial charge on any atom is -0.493 e. The van der Waals surface area contributed by atoms with Crippen LogP contribution in [0, 0.1) is 0 Å². The molecular formula is C34H59NO12. The highest BCUT2D eigenvalue weighted by atomic mass is 16.7. The highest BCUT2D eigenvalue weighted by molar-refractivity contribution is 5.95. The number of carbonyl (C=O) groups excluding carboxylic acids is 1. The average molecular weight is 674 g/mol. The summed E-state index contributed by atoms with van der Waals surface area (Å²) in [5.41, 5.74) is 0.111. The second-order valence-electron chi connectivity index (χ2n) is 12.3. The Morgan fingerprint density at radius 3 is 1.83 bits per heavy atom. The van der Waals surface area contributed by atoms with Crippen LogP contribution in [0.25, 0.3) is 0 Å². The lowest BCUT2D eigenvalue weighted by atomic mass is 9.98. The first-order valence-electron chi connectivity index (χ1n) is 17.0. The maximum atomic E-state index is 13.4. The van der Waals surface area contributed by atoms with Crippen molar-refractivity contribution >= 4 is 5.91 Å². The van der Waals surface area contributed by atoms with Crippen molar-refractivity contribution in [1.29, 1.82) is 0 Å². The summed E-state index contributed by atoms with van der Waals surface area (Å²) >= 11 is 0. The molecule has 13 heteroatoms. The molecule has 0 radical (unpaired) electrons. The molecule has 47 heavy (non-hydrogen) atoms. The predicted molar refractivity (Wildman–Crippen MR) is 175 cm³/mol. The third-order valence-corrected chi connectivity index (χ3v) is 8.69. The molecule has 0 aromatic heterocycles. The van der Waals surface area contributed by atoms with Gasteiger partial charge in [0.05, 0.1) is 46.7 Å². The number of aliphatic hydroxyl groups is 6. The van der Waals surface area contributed by atoms with Crippen molar-refractivity contribution in [3.63, 3.8) is 0 Å². The smallest absolute Gasteiger partial charge is 0.251 e. The number of amides is 1. The number of aliphatic hydroxyl groups excluding tert-OH is 6. The molecule has 1 aliphatic rings. The fraction of sp³-hybridized carbons (Fsp3) is 0.794. The molecule has 1 saturated heterocycles. The molecule has 0 spiro atoms. The van der Waals surface area contributed by atoms with Gasteiger partial charge in [0.25, 0.3) is 5.91 Å². The number of benzene rings is 1. The maximum absolute atomic E-state index is 13.4. The van der Waals surface area contributed by atoms with E-state index >= 15 is 0 Å². The van der Waals surface area contributed by atoms with E-state index < -0.39 is 68.1 Å². The van der Waals surface area contributed by atoms with E-state index in [1.165, 1.54) is 84.8 Å². The van der Waals surface area contributed by atoms with Gasteiger partial charge in [-0.2, -0.15) is 0 Å². The van der Waals surface area contributed by atoms with Gasteiger partial charge in [-0.3, -0.25) is 4.79 Å². The molecule has 1 aromatic carbocycles. The lowest BCUT2D eigenvalue weighted by Gasteiger charge is -2.40. The molecule has 1 fully saturated rings. The summed E-state index contributed by atoms with van der Waals surface area (Å²) in [7, 11) is 4.25. The highest BCUT2D eigenvalue weighted by Gasteiger charge is 2.44. The molecule has 13 nitrogen and oxygen atoms in total. The van der Waals surface area contributed by atoms with Gasteiger partial charge in [-0.1, -0.05) is 84.0 Å². The third kappa shape index (κ3) is 13.0. The number of unbranched alkanes of at least 4 members (excludes halogenated alkanes) is 11. The Kier molecular flexibility index (Phi) is 19.5. The van der Waals surface area contributed by atoms with Crippen LogP contribution in [0.5, 0.6) is 17.2 Å². The summed E-state index contributed by atoms with van der Waals surface area (Å²) in [6.07, 6.45) is 3.88. The van der Waals surface area contributed by atoms with E-state index in [-0.39, 0.29) is 29.2 Å². The van der Waals surface area contributed by atoms with Crippen LogP contribution in [0.2, 0.25) is 0 Å². The normalized spacial score (nSPS) is 23.1. The number of hydrogen-bond donors (Lipinski definition) is 7. The molecule has 1 heterocycles. The van der Waals surface area contributed by atoms with Crippen LogP contribution in [-0.2, 0) is 9.47 Å². The molecule has 0 saturated carbocycles. The van der Waals surface area contributed by atoms with Crippen LogP contribution in [-0.4, -0.2) is 120 Å². The molecule has 7 N–H and O–H groups in total. The summed E-state index contributed by atoms with van der Waals surface area (Å²) in [6.45, 7) is 1.13. The Morgan fingerprint density at radius 1 is 0.809 bits per heavy atom. The van der Waals surface area contributed by atoms with Crippen molar-refractivity contribution in [1.82, 2.24) is 5.32 Å². The van der Waals surface area contributed by atoms with Gasteiger partial charge in [-0.15, -0.1) is 0 Å². The average Bonchev–Trinajstić information content (AvgIpc) is 3.08. The number of rotatable bonds is 24. The molecule has 0 aliphatic carbocycles. The predicted octanol–water partition coefficient (Wildman–Crippen LogP) is 2.44.